The van der Waals surface area contributed by atoms with E-state index in [9.17, 15) is 9.59 Å². The van der Waals surface area contributed by atoms with Gasteiger partial charge < -0.3 is 18.9 Å². The Morgan fingerprint density at radius 1 is 1.06 bits per heavy atom. The molecule has 0 bridgehead atoms. The topological polar surface area (TPSA) is 83.4 Å². The first kappa shape index (κ1) is 21.0. The number of halogens is 1. The Balaban J connectivity index is 1.44. The van der Waals surface area contributed by atoms with E-state index in [-0.39, 0.29) is 24.1 Å². The molecule has 0 fully saturated rings. The van der Waals surface area contributed by atoms with Crippen molar-refractivity contribution >= 4 is 39.8 Å². The molecule has 2 aliphatic rings. The summed E-state index contributed by atoms with van der Waals surface area (Å²) in [5.41, 5.74) is 2.62. The molecule has 2 aliphatic heterocycles. The Labute approximate surface area is 197 Å². The molecule has 8 heteroatoms. The van der Waals surface area contributed by atoms with Crippen molar-refractivity contribution in [1.29, 1.82) is 0 Å². The highest BCUT2D eigenvalue weighted by atomic mass is 79.9. The second kappa shape index (κ2) is 8.55. The van der Waals surface area contributed by atoms with E-state index >= 15 is 0 Å². The molecular weight excluding hydrogens is 490 g/mol. The zero-order valence-electron chi connectivity index (χ0n) is 17.3. The van der Waals surface area contributed by atoms with Crippen LogP contribution in [0.1, 0.15) is 27.0 Å². The fourth-order valence-corrected chi connectivity index (χ4v) is 3.74. The fourth-order valence-electron chi connectivity index (χ4n) is 3.37. The van der Waals surface area contributed by atoms with E-state index in [1.165, 1.54) is 6.08 Å². The summed E-state index contributed by atoms with van der Waals surface area (Å²) in [5.74, 6) is 0.383. The number of benzene rings is 3. The molecule has 33 heavy (non-hydrogen) atoms. The van der Waals surface area contributed by atoms with E-state index < -0.39 is 11.9 Å². The van der Waals surface area contributed by atoms with Crippen LogP contribution in [0, 0.1) is 6.92 Å². The number of carbonyl (C=O) groups excluding carboxylic acids is 2. The van der Waals surface area contributed by atoms with Gasteiger partial charge in [-0.2, -0.15) is 0 Å². The van der Waals surface area contributed by atoms with Gasteiger partial charge in [0, 0.05) is 15.6 Å². The third-order valence-corrected chi connectivity index (χ3v) is 5.45. The lowest BCUT2D eigenvalue weighted by Gasteiger charge is -2.09. The summed E-state index contributed by atoms with van der Waals surface area (Å²) < 4.78 is 22.3. The van der Waals surface area contributed by atoms with Gasteiger partial charge in [0.05, 0.1) is 5.56 Å². The van der Waals surface area contributed by atoms with Gasteiger partial charge in [-0.3, -0.25) is 0 Å². The number of esters is 2. The average Bonchev–Trinajstić information content (AvgIpc) is 3.41. The van der Waals surface area contributed by atoms with Crippen LogP contribution in [0.25, 0.3) is 6.08 Å². The number of rotatable bonds is 4. The smallest absolute Gasteiger partial charge is 0.363 e. The van der Waals surface area contributed by atoms with Gasteiger partial charge in [-0.15, -0.1) is 0 Å². The lowest BCUT2D eigenvalue weighted by Crippen LogP contribution is -2.09. The predicted octanol–water partition coefficient (Wildman–Crippen LogP) is 5.05. The Kier molecular flexibility index (Phi) is 5.43. The minimum absolute atomic E-state index is 0.102. The lowest BCUT2D eigenvalue weighted by atomic mass is 10.1. The van der Waals surface area contributed by atoms with Crippen molar-refractivity contribution in [3.63, 3.8) is 0 Å². The molecule has 0 unspecified atom stereocenters. The van der Waals surface area contributed by atoms with E-state index in [2.05, 4.69) is 20.9 Å². The van der Waals surface area contributed by atoms with Crippen LogP contribution in [0.3, 0.4) is 0 Å². The van der Waals surface area contributed by atoms with Crippen molar-refractivity contribution in [1.82, 2.24) is 0 Å². The highest BCUT2D eigenvalue weighted by Gasteiger charge is 2.25. The zero-order chi connectivity index (χ0) is 22.9. The summed E-state index contributed by atoms with van der Waals surface area (Å²) in [6, 6.07) is 17.4. The van der Waals surface area contributed by atoms with E-state index in [0.717, 1.165) is 10.0 Å². The second-order valence-corrected chi connectivity index (χ2v) is 8.26. The molecule has 0 radical (unpaired) electrons. The van der Waals surface area contributed by atoms with Gasteiger partial charge in [0.15, 0.2) is 17.2 Å². The van der Waals surface area contributed by atoms with Crippen molar-refractivity contribution in [3.8, 4) is 17.2 Å². The van der Waals surface area contributed by atoms with Crippen LogP contribution in [0.2, 0.25) is 0 Å². The highest BCUT2D eigenvalue weighted by Crippen LogP contribution is 2.33. The molecule has 0 aromatic heterocycles. The monoisotopic (exact) mass is 505 g/mol. The molecule has 0 atom stereocenters. The van der Waals surface area contributed by atoms with Crippen molar-refractivity contribution in [2.45, 2.75) is 6.92 Å². The normalized spacial score (nSPS) is 15.4. The van der Waals surface area contributed by atoms with Gasteiger partial charge in [-0.1, -0.05) is 33.6 Å². The number of hydrogen-bond acceptors (Lipinski definition) is 7. The molecule has 7 nitrogen and oxygen atoms in total. The fraction of sp³-hybridized carbons (Fsp3) is 0.0800. The van der Waals surface area contributed by atoms with Crippen LogP contribution >= 0.6 is 15.9 Å². The van der Waals surface area contributed by atoms with Gasteiger partial charge >= 0.3 is 11.9 Å². The molecule has 0 N–H and O–H groups in total. The number of carbonyl (C=O) groups is 2. The minimum Gasteiger partial charge on any atom is -0.454 e. The number of aryl methyl sites for hydroxylation is 1. The Hall–Kier alpha value is -3.91. The highest BCUT2D eigenvalue weighted by molar-refractivity contribution is 9.10. The molecule has 0 saturated carbocycles. The van der Waals surface area contributed by atoms with Crippen LogP contribution in [0.5, 0.6) is 17.2 Å². The van der Waals surface area contributed by atoms with Crippen molar-refractivity contribution in [2.75, 3.05) is 6.79 Å². The summed E-state index contributed by atoms with van der Waals surface area (Å²) >= 11 is 3.41. The van der Waals surface area contributed by atoms with Gasteiger partial charge in [0.25, 0.3) is 0 Å². The third kappa shape index (κ3) is 4.38. The number of fused-ring (bicyclic) bond motifs is 1. The van der Waals surface area contributed by atoms with Gasteiger partial charge in [-0.25, -0.2) is 14.6 Å². The SMILES string of the molecule is Cc1cccc(C2=N/C(=C\c3cc(Br)ccc3OC(=O)c3ccc4c(c3)OCO4)C(=O)O2)c1. The first-order chi connectivity index (χ1) is 16.0. The first-order valence-corrected chi connectivity index (χ1v) is 10.8. The summed E-state index contributed by atoms with van der Waals surface area (Å²) in [6.07, 6.45) is 1.53. The summed E-state index contributed by atoms with van der Waals surface area (Å²) in [5, 5.41) is 0. The third-order valence-electron chi connectivity index (χ3n) is 4.96. The first-order valence-electron chi connectivity index (χ1n) is 9.97. The molecular formula is C25H16BrNO6. The van der Waals surface area contributed by atoms with E-state index in [0.29, 0.717) is 28.2 Å². The largest absolute Gasteiger partial charge is 0.454 e. The van der Waals surface area contributed by atoms with Gasteiger partial charge in [-0.05, 0) is 61.5 Å². The number of cyclic esters (lactones) is 1. The maximum atomic E-state index is 12.8. The predicted molar refractivity (Wildman–Crippen MR) is 123 cm³/mol. The molecule has 0 amide bonds. The Morgan fingerprint density at radius 3 is 2.76 bits per heavy atom. The second-order valence-electron chi connectivity index (χ2n) is 7.35. The van der Waals surface area contributed by atoms with Gasteiger partial charge in [0.2, 0.25) is 12.7 Å². The number of nitrogens with zero attached hydrogens (tertiary/aromatic N) is 1. The molecule has 3 aromatic carbocycles. The van der Waals surface area contributed by atoms with Crippen LogP contribution in [-0.2, 0) is 9.53 Å². The molecule has 3 aromatic rings. The molecule has 0 aliphatic carbocycles. The van der Waals surface area contributed by atoms with E-state index in [1.54, 1.807) is 36.4 Å². The number of ether oxygens (including phenoxy) is 4. The minimum atomic E-state index is -0.584. The molecule has 0 saturated heterocycles. The maximum absolute atomic E-state index is 12.8. The molecule has 0 spiro atoms. The van der Waals surface area contributed by atoms with Crippen LogP contribution in [0.4, 0.5) is 0 Å². The standard InChI is InChI=1S/C25H16BrNO6/c1-14-3-2-4-15(9-14)23-27-19(25(29)33-23)11-17-10-18(26)6-8-20(17)32-24(28)16-5-7-21-22(12-16)31-13-30-21/h2-12H,13H2,1H3/b19-11-. The zero-order valence-corrected chi connectivity index (χ0v) is 18.9. The van der Waals surface area contributed by atoms with Crippen LogP contribution in [-0.4, -0.2) is 24.6 Å². The van der Waals surface area contributed by atoms with Crippen molar-refractivity contribution < 1.29 is 28.5 Å². The Morgan fingerprint density at radius 2 is 1.91 bits per heavy atom. The lowest BCUT2D eigenvalue weighted by molar-refractivity contribution is -0.129. The van der Waals surface area contributed by atoms with Crippen molar-refractivity contribution in [3.05, 3.63) is 93.1 Å². The van der Waals surface area contributed by atoms with Gasteiger partial charge in [0.1, 0.15) is 5.75 Å². The maximum Gasteiger partial charge on any atom is 0.363 e. The average molecular weight is 506 g/mol. The van der Waals surface area contributed by atoms with Crippen LogP contribution in [0.15, 0.2) is 75.8 Å². The summed E-state index contributed by atoms with van der Waals surface area (Å²) in [6.45, 7) is 2.05. The summed E-state index contributed by atoms with van der Waals surface area (Å²) in [7, 11) is 0. The van der Waals surface area contributed by atoms with E-state index in [4.69, 9.17) is 18.9 Å². The Bertz CT molecular complexity index is 1360. The van der Waals surface area contributed by atoms with Crippen molar-refractivity contribution in [2.24, 2.45) is 4.99 Å². The molecule has 5 rings (SSSR count). The quantitative estimate of drug-likeness (QED) is 0.280. The molecule has 2 heterocycles. The number of aliphatic imine (C=N–C) groups is 1. The van der Waals surface area contributed by atoms with E-state index in [1.807, 2.05) is 31.2 Å². The number of hydrogen-bond donors (Lipinski definition) is 0. The molecule has 164 valence electrons. The van der Waals surface area contributed by atoms with Crippen LogP contribution < -0.4 is 14.2 Å². The summed E-state index contributed by atoms with van der Waals surface area (Å²) in [4.78, 5) is 29.5.